The Kier molecular flexibility index (Phi) is 8.69. The van der Waals surface area contributed by atoms with E-state index in [1.807, 2.05) is 37.3 Å². The minimum atomic E-state index is -0.891. The van der Waals surface area contributed by atoms with E-state index in [2.05, 4.69) is 16.0 Å². The van der Waals surface area contributed by atoms with Crippen LogP contribution in [-0.4, -0.2) is 35.6 Å². The highest BCUT2D eigenvalue weighted by Crippen LogP contribution is 2.08. The molecular formula is C22H27N3O4. The van der Waals surface area contributed by atoms with Gasteiger partial charge in [0.15, 0.2) is 0 Å². The molecule has 1 atom stereocenters. The standard InChI is InChI=1S/C22H27N3O4/c1-2-23-21(28)18-10-8-17(9-11-18)15-24-22(29)25-19(12-13-20(26)27)14-16-6-4-3-5-7-16/h3-11,19H,2,12-15H2,1H3,(H,23,28)(H,26,27)(H2,24,25,29). The molecule has 7 nitrogen and oxygen atoms in total. The number of rotatable bonds is 10. The SMILES string of the molecule is CCNC(=O)c1ccc(CNC(=O)NC(CCC(=O)O)Cc2ccccc2)cc1. The van der Waals surface area contributed by atoms with E-state index in [0.717, 1.165) is 11.1 Å². The minimum Gasteiger partial charge on any atom is -0.481 e. The lowest BCUT2D eigenvalue weighted by molar-refractivity contribution is -0.137. The molecule has 2 rings (SSSR count). The number of carboxylic acids is 1. The summed E-state index contributed by atoms with van der Waals surface area (Å²) in [6.45, 7) is 2.73. The molecule has 4 N–H and O–H groups in total. The van der Waals surface area contributed by atoms with Crippen LogP contribution in [0.15, 0.2) is 54.6 Å². The number of hydrogen-bond acceptors (Lipinski definition) is 3. The first-order chi connectivity index (χ1) is 14.0. The van der Waals surface area contributed by atoms with Crippen LogP contribution in [0.2, 0.25) is 0 Å². The van der Waals surface area contributed by atoms with Gasteiger partial charge in [-0.05, 0) is 43.0 Å². The summed E-state index contributed by atoms with van der Waals surface area (Å²) in [7, 11) is 0. The average Bonchev–Trinajstić information content (AvgIpc) is 2.72. The van der Waals surface area contributed by atoms with Gasteiger partial charge in [-0.25, -0.2) is 4.79 Å². The Labute approximate surface area is 170 Å². The molecule has 0 bridgehead atoms. The van der Waals surface area contributed by atoms with Gasteiger partial charge in [0.2, 0.25) is 0 Å². The van der Waals surface area contributed by atoms with Crippen LogP contribution in [0.4, 0.5) is 4.79 Å². The van der Waals surface area contributed by atoms with Crippen molar-refractivity contribution in [3.8, 4) is 0 Å². The zero-order valence-corrected chi connectivity index (χ0v) is 16.5. The Morgan fingerprint density at radius 3 is 2.24 bits per heavy atom. The third-order valence-corrected chi connectivity index (χ3v) is 4.37. The topological polar surface area (TPSA) is 108 Å². The summed E-state index contributed by atoms with van der Waals surface area (Å²) in [5, 5.41) is 17.3. The van der Waals surface area contributed by atoms with Crippen LogP contribution in [0.5, 0.6) is 0 Å². The van der Waals surface area contributed by atoms with Crippen LogP contribution in [0.1, 0.15) is 41.3 Å². The molecule has 0 saturated heterocycles. The molecule has 154 valence electrons. The molecule has 7 heteroatoms. The summed E-state index contributed by atoms with van der Waals surface area (Å²) in [5.74, 6) is -1.02. The largest absolute Gasteiger partial charge is 0.481 e. The number of carbonyl (C=O) groups is 3. The van der Waals surface area contributed by atoms with E-state index in [1.165, 1.54) is 0 Å². The van der Waals surface area contributed by atoms with Crippen molar-refractivity contribution in [2.24, 2.45) is 0 Å². The maximum atomic E-state index is 12.3. The van der Waals surface area contributed by atoms with Gasteiger partial charge in [0.05, 0.1) is 0 Å². The lowest BCUT2D eigenvalue weighted by Crippen LogP contribution is -2.43. The second kappa shape index (κ2) is 11.5. The molecule has 0 heterocycles. The first-order valence-electron chi connectivity index (χ1n) is 9.65. The van der Waals surface area contributed by atoms with Gasteiger partial charge in [0.1, 0.15) is 0 Å². The molecule has 0 saturated carbocycles. The predicted octanol–water partition coefficient (Wildman–Crippen LogP) is 2.71. The molecule has 0 spiro atoms. The number of urea groups is 1. The summed E-state index contributed by atoms with van der Waals surface area (Å²) in [4.78, 5) is 35.0. The van der Waals surface area contributed by atoms with E-state index >= 15 is 0 Å². The fraction of sp³-hybridized carbons (Fsp3) is 0.318. The number of carbonyl (C=O) groups excluding carboxylic acids is 2. The highest BCUT2D eigenvalue weighted by atomic mass is 16.4. The van der Waals surface area contributed by atoms with Gasteiger partial charge in [0, 0.05) is 31.1 Å². The van der Waals surface area contributed by atoms with Crippen molar-refractivity contribution in [3.05, 3.63) is 71.3 Å². The Morgan fingerprint density at radius 1 is 0.931 bits per heavy atom. The maximum Gasteiger partial charge on any atom is 0.315 e. The number of benzene rings is 2. The summed E-state index contributed by atoms with van der Waals surface area (Å²) in [6.07, 6.45) is 0.890. The maximum absolute atomic E-state index is 12.3. The second-order valence-electron chi connectivity index (χ2n) is 6.70. The van der Waals surface area contributed by atoms with Gasteiger partial charge in [-0.15, -0.1) is 0 Å². The van der Waals surface area contributed by atoms with Crippen LogP contribution in [-0.2, 0) is 17.8 Å². The van der Waals surface area contributed by atoms with E-state index in [1.54, 1.807) is 24.3 Å². The van der Waals surface area contributed by atoms with E-state index in [4.69, 9.17) is 5.11 Å². The lowest BCUT2D eigenvalue weighted by Gasteiger charge is -2.19. The lowest BCUT2D eigenvalue weighted by atomic mass is 10.0. The molecule has 0 aliphatic rings. The van der Waals surface area contributed by atoms with E-state index < -0.39 is 5.97 Å². The third-order valence-electron chi connectivity index (χ3n) is 4.37. The molecule has 1 unspecified atom stereocenters. The smallest absolute Gasteiger partial charge is 0.315 e. The van der Waals surface area contributed by atoms with Gasteiger partial charge in [-0.2, -0.15) is 0 Å². The number of aliphatic carboxylic acids is 1. The van der Waals surface area contributed by atoms with E-state index in [0.29, 0.717) is 31.5 Å². The quantitative estimate of drug-likeness (QED) is 0.494. The Bertz CT molecular complexity index is 807. The number of hydrogen-bond donors (Lipinski definition) is 4. The molecule has 0 radical (unpaired) electrons. The van der Waals surface area contributed by atoms with Crippen LogP contribution < -0.4 is 16.0 Å². The van der Waals surface area contributed by atoms with Crippen LogP contribution in [0, 0.1) is 0 Å². The number of nitrogens with one attached hydrogen (secondary N) is 3. The van der Waals surface area contributed by atoms with Crippen LogP contribution in [0.3, 0.4) is 0 Å². The van der Waals surface area contributed by atoms with Crippen molar-refractivity contribution in [3.63, 3.8) is 0 Å². The average molecular weight is 397 g/mol. The first kappa shape index (κ1) is 21.9. The molecule has 2 aromatic carbocycles. The van der Waals surface area contributed by atoms with Gasteiger partial charge in [-0.3, -0.25) is 9.59 Å². The highest BCUT2D eigenvalue weighted by molar-refractivity contribution is 5.94. The first-order valence-corrected chi connectivity index (χ1v) is 9.65. The normalized spacial score (nSPS) is 11.3. The monoisotopic (exact) mass is 397 g/mol. The van der Waals surface area contributed by atoms with Crippen molar-refractivity contribution in [1.29, 1.82) is 0 Å². The zero-order valence-electron chi connectivity index (χ0n) is 16.5. The van der Waals surface area contributed by atoms with Crippen molar-refractivity contribution >= 4 is 17.9 Å². The molecular weight excluding hydrogens is 370 g/mol. The Balaban J connectivity index is 1.88. The number of carboxylic acid groups (broad SMARTS) is 1. The van der Waals surface area contributed by atoms with Crippen molar-refractivity contribution in [2.75, 3.05) is 6.54 Å². The summed E-state index contributed by atoms with van der Waals surface area (Å²) < 4.78 is 0. The fourth-order valence-corrected chi connectivity index (χ4v) is 2.88. The second-order valence-corrected chi connectivity index (χ2v) is 6.70. The summed E-state index contributed by atoms with van der Waals surface area (Å²) >= 11 is 0. The Hall–Kier alpha value is -3.35. The summed E-state index contributed by atoms with van der Waals surface area (Å²) in [6, 6.07) is 16.0. The highest BCUT2D eigenvalue weighted by Gasteiger charge is 2.15. The van der Waals surface area contributed by atoms with Crippen molar-refractivity contribution in [1.82, 2.24) is 16.0 Å². The van der Waals surface area contributed by atoms with E-state index in [9.17, 15) is 14.4 Å². The van der Waals surface area contributed by atoms with E-state index in [-0.39, 0.29) is 24.4 Å². The van der Waals surface area contributed by atoms with Crippen molar-refractivity contribution < 1.29 is 19.5 Å². The molecule has 0 aliphatic heterocycles. The van der Waals surface area contributed by atoms with Gasteiger partial charge >= 0.3 is 12.0 Å². The Morgan fingerprint density at radius 2 is 1.62 bits per heavy atom. The molecule has 0 aromatic heterocycles. The fourth-order valence-electron chi connectivity index (χ4n) is 2.88. The molecule has 3 amide bonds. The predicted molar refractivity (Wildman–Crippen MR) is 111 cm³/mol. The van der Waals surface area contributed by atoms with Crippen molar-refractivity contribution in [2.45, 2.75) is 38.8 Å². The van der Waals surface area contributed by atoms with Gasteiger partial charge in [-0.1, -0.05) is 42.5 Å². The van der Waals surface area contributed by atoms with Gasteiger partial charge < -0.3 is 21.1 Å². The molecule has 2 aromatic rings. The summed E-state index contributed by atoms with van der Waals surface area (Å²) in [5.41, 5.74) is 2.46. The molecule has 0 fully saturated rings. The third kappa shape index (κ3) is 8.04. The molecule has 29 heavy (non-hydrogen) atoms. The minimum absolute atomic E-state index is 0.0148. The van der Waals surface area contributed by atoms with Crippen LogP contribution in [0.25, 0.3) is 0 Å². The molecule has 0 aliphatic carbocycles. The zero-order chi connectivity index (χ0) is 21.1. The van der Waals surface area contributed by atoms with Gasteiger partial charge in [0.25, 0.3) is 5.91 Å². The number of amides is 3. The van der Waals surface area contributed by atoms with Crippen LogP contribution >= 0.6 is 0 Å².